The van der Waals surface area contributed by atoms with Crippen LogP contribution >= 0.6 is 0 Å². The molecular formula is C16H23N3O. The minimum Gasteiger partial charge on any atom is -0.327 e. The molecule has 1 heterocycles. The largest absolute Gasteiger partial charge is 0.327 e. The Morgan fingerprint density at radius 2 is 2.00 bits per heavy atom. The van der Waals surface area contributed by atoms with Crippen LogP contribution < -0.4 is 11.1 Å². The first-order valence-corrected chi connectivity index (χ1v) is 7.51. The first kappa shape index (κ1) is 13.4. The number of carbonyl (C=O) groups is 1. The molecule has 0 bridgehead atoms. The van der Waals surface area contributed by atoms with Crippen LogP contribution in [0.15, 0.2) is 24.3 Å². The number of nitrogens with one attached hydrogen (secondary N) is 1. The SMILES string of the molecule is Cc1ccc(NC(=O)N2CC3CCCC(N)C3C2)cc1. The Balaban J connectivity index is 1.62. The van der Waals surface area contributed by atoms with Gasteiger partial charge in [-0.05, 0) is 43.7 Å². The number of benzene rings is 1. The highest BCUT2D eigenvalue weighted by atomic mass is 16.2. The third-order valence-corrected chi connectivity index (χ3v) is 4.74. The molecule has 3 unspecified atom stereocenters. The summed E-state index contributed by atoms with van der Waals surface area (Å²) in [5.74, 6) is 1.09. The molecule has 0 spiro atoms. The normalized spacial score (nSPS) is 29.1. The van der Waals surface area contributed by atoms with E-state index >= 15 is 0 Å². The lowest BCUT2D eigenvalue weighted by molar-refractivity contribution is 0.219. The highest BCUT2D eigenvalue weighted by molar-refractivity contribution is 5.89. The summed E-state index contributed by atoms with van der Waals surface area (Å²) in [5.41, 5.74) is 8.25. The van der Waals surface area contributed by atoms with Crippen molar-refractivity contribution >= 4 is 11.7 Å². The minimum absolute atomic E-state index is 0.00968. The monoisotopic (exact) mass is 273 g/mol. The van der Waals surface area contributed by atoms with Gasteiger partial charge in [0.15, 0.2) is 0 Å². The van der Waals surface area contributed by atoms with Crippen molar-refractivity contribution in [3.63, 3.8) is 0 Å². The molecule has 1 aromatic rings. The Bertz CT molecular complexity index is 485. The molecule has 108 valence electrons. The van der Waals surface area contributed by atoms with Crippen LogP contribution in [0.25, 0.3) is 0 Å². The number of rotatable bonds is 1. The van der Waals surface area contributed by atoms with Crippen LogP contribution in [0.2, 0.25) is 0 Å². The fraction of sp³-hybridized carbons (Fsp3) is 0.562. The van der Waals surface area contributed by atoms with Crippen LogP contribution in [0.5, 0.6) is 0 Å². The zero-order valence-electron chi connectivity index (χ0n) is 12.0. The molecule has 3 N–H and O–H groups in total. The highest BCUT2D eigenvalue weighted by Crippen LogP contribution is 2.35. The van der Waals surface area contributed by atoms with Gasteiger partial charge in [0, 0.05) is 24.8 Å². The summed E-state index contributed by atoms with van der Waals surface area (Å²) in [4.78, 5) is 14.3. The second kappa shape index (κ2) is 5.44. The van der Waals surface area contributed by atoms with Crippen LogP contribution in [0.4, 0.5) is 10.5 Å². The molecule has 1 aliphatic heterocycles. The molecule has 2 fully saturated rings. The maximum absolute atomic E-state index is 12.3. The number of carbonyl (C=O) groups excluding carboxylic acids is 1. The lowest BCUT2D eigenvalue weighted by atomic mass is 9.78. The minimum atomic E-state index is 0.00968. The van der Waals surface area contributed by atoms with Crippen molar-refractivity contribution in [3.8, 4) is 0 Å². The Labute approximate surface area is 120 Å². The third-order valence-electron chi connectivity index (χ3n) is 4.74. The number of likely N-dealkylation sites (tertiary alicyclic amines) is 1. The molecular weight excluding hydrogens is 250 g/mol. The van der Waals surface area contributed by atoms with Gasteiger partial charge in [-0.15, -0.1) is 0 Å². The van der Waals surface area contributed by atoms with E-state index in [2.05, 4.69) is 5.32 Å². The van der Waals surface area contributed by atoms with Gasteiger partial charge in [-0.3, -0.25) is 0 Å². The molecule has 0 aromatic heterocycles. The molecule has 3 rings (SSSR count). The van der Waals surface area contributed by atoms with E-state index in [-0.39, 0.29) is 12.1 Å². The first-order valence-electron chi connectivity index (χ1n) is 7.51. The Hall–Kier alpha value is -1.55. The van der Waals surface area contributed by atoms with Crippen molar-refractivity contribution in [3.05, 3.63) is 29.8 Å². The number of hydrogen-bond acceptors (Lipinski definition) is 2. The lowest BCUT2D eigenvalue weighted by Crippen LogP contribution is -2.39. The van der Waals surface area contributed by atoms with Crippen LogP contribution in [0.3, 0.4) is 0 Å². The topological polar surface area (TPSA) is 58.4 Å². The number of fused-ring (bicyclic) bond motifs is 1. The highest BCUT2D eigenvalue weighted by Gasteiger charge is 2.40. The van der Waals surface area contributed by atoms with Gasteiger partial charge in [0.05, 0.1) is 0 Å². The molecule has 4 heteroatoms. The smallest absolute Gasteiger partial charge is 0.321 e. The number of nitrogens with zero attached hydrogens (tertiary/aromatic N) is 1. The number of nitrogens with two attached hydrogens (primary N) is 1. The average molecular weight is 273 g/mol. The van der Waals surface area contributed by atoms with Crippen molar-refractivity contribution in [2.24, 2.45) is 17.6 Å². The number of hydrogen-bond donors (Lipinski definition) is 2. The number of urea groups is 1. The summed E-state index contributed by atoms with van der Waals surface area (Å²) in [5, 5.41) is 2.98. The maximum atomic E-state index is 12.3. The van der Waals surface area contributed by atoms with Gasteiger partial charge >= 0.3 is 6.03 Å². The van der Waals surface area contributed by atoms with E-state index in [4.69, 9.17) is 5.73 Å². The van der Waals surface area contributed by atoms with E-state index in [0.29, 0.717) is 11.8 Å². The van der Waals surface area contributed by atoms with E-state index in [1.54, 1.807) is 0 Å². The second-order valence-electron chi connectivity index (χ2n) is 6.22. The van der Waals surface area contributed by atoms with Crippen molar-refractivity contribution in [2.45, 2.75) is 32.2 Å². The number of anilines is 1. The van der Waals surface area contributed by atoms with Crippen molar-refractivity contribution in [1.29, 1.82) is 0 Å². The van der Waals surface area contributed by atoms with Gasteiger partial charge < -0.3 is 16.0 Å². The van der Waals surface area contributed by atoms with Crippen molar-refractivity contribution in [1.82, 2.24) is 4.90 Å². The standard InChI is InChI=1S/C16H23N3O/c1-11-5-7-13(8-6-11)18-16(20)19-9-12-3-2-4-15(17)14(12)10-19/h5-8,12,14-15H,2-4,9-10,17H2,1H3,(H,18,20). The summed E-state index contributed by atoms with van der Waals surface area (Å²) < 4.78 is 0. The predicted octanol–water partition coefficient (Wildman–Crippen LogP) is 2.59. The molecule has 1 aromatic carbocycles. The van der Waals surface area contributed by atoms with Crippen molar-refractivity contribution in [2.75, 3.05) is 18.4 Å². The zero-order valence-corrected chi connectivity index (χ0v) is 12.0. The molecule has 3 atom stereocenters. The van der Waals surface area contributed by atoms with E-state index in [0.717, 1.165) is 25.2 Å². The van der Waals surface area contributed by atoms with Crippen LogP contribution in [0, 0.1) is 18.8 Å². The maximum Gasteiger partial charge on any atom is 0.321 e. The molecule has 1 aliphatic carbocycles. The van der Waals surface area contributed by atoms with Gasteiger partial charge in [-0.2, -0.15) is 0 Å². The molecule has 20 heavy (non-hydrogen) atoms. The van der Waals surface area contributed by atoms with Crippen LogP contribution in [-0.4, -0.2) is 30.1 Å². The summed E-state index contributed by atoms with van der Waals surface area (Å²) in [7, 11) is 0. The summed E-state index contributed by atoms with van der Waals surface area (Å²) in [6.07, 6.45) is 3.52. The number of amides is 2. The van der Waals surface area contributed by atoms with Gasteiger partial charge in [-0.1, -0.05) is 24.1 Å². The molecule has 2 amide bonds. The fourth-order valence-corrected chi connectivity index (χ4v) is 3.52. The summed E-state index contributed by atoms with van der Waals surface area (Å²) in [6, 6.07) is 8.19. The van der Waals surface area contributed by atoms with Gasteiger partial charge in [0.1, 0.15) is 0 Å². The Morgan fingerprint density at radius 1 is 1.25 bits per heavy atom. The third kappa shape index (κ3) is 2.66. The Kier molecular flexibility index (Phi) is 3.66. The van der Waals surface area contributed by atoms with E-state index in [9.17, 15) is 4.79 Å². The first-order chi connectivity index (χ1) is 9.63. The summed E-state index contributed by atoms with van der Waals surface area (Å²) in [6.45, 7) is 3.71. The number of aryl methyl sites for hydroxylation is 1. The van der Waals surface area contributed by atoms with Gasteiger partial charge in [-0.25, -0.2) is 4.79 Å². The fourth-order valence-electron chi connectivity index (χ4n) is 3.52. The van der Waals surface area contributed by atoms with Crippen LogP contribution in [-0.2, 0) is 0 Å². The van der Waals surface area contributed by atoms with Gasteiger partial charge in [0.2, 0.25) is 0 Å². The molecule has 4 nitrogen and oxygen atoms in total. The molecule has 0 radical (unpaired) electrons. The lowest BCUT2D eigenvalue weighted by Gasteiger charge is -2.29. The van der Waals surface area contributed by atoms with Crippen LogP contribution in [0.1, 0.15) is 24.8 Å². The van der Waals surface area contributed by atoms with E-state index < -0.39 is 0 Å². The second-order valence-corrected chi connectivity index (χ2v) is 6.22. The predicted molar refractivity (Wildman–Crippen MR) is 80.6 cm³/mol. The summed E-state index contributed by atoms with van der Waals surface area (Å²) >= 11 is 0. The van der Waals surface area contributed by atoms with Gasteiger partial charge in [0.25, 0.3) is 0 Å². The molecule has 1 saturated heterocycles. The quantitative estimate of drug-likeness (QED) is 0.826. The zero-order chi connectivity index (χ0) is 14.1. The Morgan fingerprint density at radius 3 is 2.70 bits per heavy atom. The average Bonchev–Trinajstić information content (AvgIpc) is 2.87. The van der Waals surface area contributed by atoms with E-state index in [1.807, 2.05) is 36.1 Å². The molecule has 2 aliphatic rings. The van der Waals surface area contributed by atoms with E-state index in [1.165, 1.54) is 18.4 Å². The van der Waals surface area contributed by atoms with Crippen molar-refractivity contribution < 1.29 is 4.79 Å². The molecule has 1 saturated carbocycles.